The van der Waals surface area contributed by atoms with Crippen LogP contribution in [-0.4, -0.2) is 80.5 Å². The van der Waals surface area contributed by atoms with Gasteiger partial charge in [-0.25, -0.2) is 9.55 Å². The molecule has 0 spiro atoms. The maximum Gasteiger partial charge on any atom is 0.176 e. The molecule has 0 amide bonds. The zero-order valence-electron chi connectivity index (χ0n) is 22.2. The Labute approximate surface area is 226 Å². The standard InChI is InChI=1S/C29H34N9O/c1-36-16-19(17-37-8-4-22(39)5-9-37)12-21(18-36)20-2-3-24-23(13-20)27(35-34-24)29-32-25-14-31-15-26(28(25)33-29)38-10-6-30-7-11-38/h2-3,12-16,18,22,30,39H,4-11,17H2,1H3,(H,32,33)(H,34,35)/q+1. The van der Waals surface area contributed by atoms with E-state index < -0.39 is 0 Å². The number of aliphatic hydroxyl groups is 1. The van der Waals surface area contributed by atoms with Crippen molar-refractivity contribution in [3.63, 3.8) is 0 Å². The number of fused-ring (bicyclic) bond motifs is 2. The summed E-state index contributed by atoms with van der Waals surface area (Å²) in [4.78, 5) is 17.7. The van der Waals surface area contributed by atoms with Crippen LogP contribution in [0.15, 0.2) is 49.1 Å². The summed E-state index contributed by atoms with van der Waals surface area (Å²) in [6, 6.07) is 8.72. The zero-order valence-corrected chi connectivity index (χ0v) is 22.2. The Balaban J connectivity index is 1.23. The van der Waals surface area contributed by atoms with Crippen LogP contribution >= 0.6 is 0 Å². The Morgan fingerprint density at radius 3 is 2.69 bits per heavy atom. The van der Waals surface area contributed by atoms with Crippen molar-refractivity contribution in [2.24, 2.45) is 7.05 Å². The monoisotopic (exact) mass is 524 g/mol. The molecule has 7 rings (SSSR count). The molecule has 0 bridgehead atoms. The van der Waals surface area contributed by atoms with E-state index >= 15 is 0 Å². The van der Waals surface area contributed by atoms with E-state index in [4.69, 9.17) is 4.98 Å². The molecule has 0 radical (unpaired) electrons. The number of aromatic nitrogens is 6. The molecule has 4 N–H and O–H groups in total. The number of nitrogens with one attached hydrogen (secondary N) is 3. The van der Waals surface area contributed by atoms with Crippen molar-refractivity contribution >= 4 is 27.6 Å². The molecule has 0 aliphatic carbocycles. The number of piperidine rings is 1. The smallest absolute Gasteiger partial charge is 0.176 e. The lowest BCUT2D eigenvalue weighted by Crippen LogP contribution is -2.43. The maximum atomic E-state index is 9.87. The van der Waals surface area contributed by atoms with Crippen LogP contribution in [-0.2, 0) is 13.6 Å². The number of pyridine rings is 2. The van der Waals surface area contributed by atoms with E-state index in [0.29, 0.717) is 0 Å². The fourth-order valence-corrected chi connectivity index (χ4v) is 5.91. The van der Waals surface area contributed by atoms with E-state index in [0.717, 1.165) is 109 Å². The lowest BCUT2D eigenvalue weighted by molar-refractivity contribution is -0.671. The van der Waals surface area contributed by atoms with Crippen molar-refractivity contribution in [2.75, 3.05) is 44.2 Å². The minimum absolute atomic E-state index is 0.156. The number of H-pyrrole nitrogens is 2. The molecule has 10 heteroatoms. The van der Waals surface area contributed by atoms with E-state index in [1.54, 1.807) is 0 Å². The summed E-state index contributed by atoms with van der Waals surface area (Å²) in [6.45, 7) is 6.55. The Kier molecular flexibility index (Phi) is 6.22. The number of imidazole rings is 1. The number of likely N-dealkylation sites (tertiary alicyclic amines) is 1. The van der Waals surface area contributed by atoms with Crippen LogP contribution in [0.25, 0.3) is 44.6 Å². The molecule has 2 fully saturated rings. The van der Waals surface area contributed by atoms with Gasteiger partial charge in [-0.15, -0.1) is 0 Å². The van der Waals surface area contributed by atoms with Crippen LogP contribution in [0.4, 0.5) is 5.69 Å². The predicted octanol–water partition coefficient (Wildman–Crippen LogP) is 2.36. The molecule has 0 saturated carbocycles. The third kappa shape index (κ3) is 4.75. The first-order chi connectivity index (χ1) is 19.1. The molecule has 4 aromatic heterocycles. The number of aromatic amines is 2. The lowest BCUT2D eigenvalue weighted by atomic mass is 10.0. The van der Waals surface area contributed by atoms with E-state index in [1.807, 2.05) is 12.4 Å². The molecule has 0 unspecified atom stereocenters. The second-order valence-corrected chi connectivity index (χ2v) is 10.8. The third-order valence-corrected chi connectivity index (χ3v) is 7.97. The van der Waals surface area contributed by atoms with Crippen LogP contribution in [0.3, 0.4) is 0 Å². The van der Waals surface area contributed by atoms with Gasteiger partial charge in [-0.05, 0) is 36.6 Å². The van der Waals surface area contributed by atoms with Crippen LogP contribution in [0.5, 0.6) is 0 Å². The normalized spacial score (nSPS) is 17.4. The molecule has 0 atom stereocenters. The highest BCUT2D eigenvalue weighted by molar-refractivity contribution is 5.97. The summed E-state index contributed by atoms with van der Waals surface area (Å²) in [7, 11) is 2.08. The predicted molar refractivity (Wildman–Crippen MR) is 151 cm³/mol. The summed E-state index contributed by atoms with van der Waals surface area (Å²) >= 11 is 0. The van der Waals surface area contributed by atoms with E-state index in [2.05, 4.69) is 83.6 Å². The van der Waals surface area contributed by atoms with Crippen LogP contribution in [0.1, 0.15) is 18.4 Å². The molecule has 5 aromatic rings. The third-order valence-electron chi connectivity index (χ3n) is 7.97. The van der Waals surface area contributed by atoms with Crippen molar-refractivity contribution in [3.8, 4) is 22.6 Å². The number of anilines is 1. The summed E-state index contributed by atoms with van der Waals surface area (Å²) in [6.07, 6.45) is 9.65. The molecule has 1 aromatic carbocycles. The van der Waals surface area contributed by atoms with Gasteiger partial charge in [0.2, 0.25) is 0 Å². The largest absolute Gasteiger partial charge is 0.393 e. The van der Waals surface area contributed by atoms with Gasteiger partial charge in [0.25, 0.3) is 0 Å². The van der Waals surface area contributed by atoms with Crippen LogP contribution < -0.4 is 14.8 Å². The first kappa shape index (κ1) is 24.2. The van der Waals surface area contributed by atoms with Gasteiger partial charge in [-0.1, -0.05) is 6.07 Å². The second kappa shape index (κ2) is 10.0. The SMILES string of the molecule is C[n+]1cc(CN2CCC(O)CC2)cc(-c2ccc3[nH]nc(-c4nc5c(N6CCNCC6)cncc5[nH]4)c3c2)c1. The van der Waals surface area contributed by atoms with Crippen LogP contribution in [0.2, 0.25) is 0 Å². The molecule has 200 valence electrons. The van der Waals surface area contributed by atoms with Crippen molar-refractivity contribution in [1.29, 1.82) is 0 Å². The van der Waals surface area contributed by atoms with E-state index in [9.17, 15) is 5.11 Å². The van der Waals surface area contributed by atoms with Gasteiger partial charge < -0.3 is 20.3 Å². The highest BCUT2D eigenvalue weighted by atomic mass is 16.3. The summed E-state index contributed by atoms with van der Waals surface area (Å²) < 4.78 is 2.13. The molecular weight excluding hydrogens is 490 g/mol. The molecule has 39 heavy (non-hydrogen) atoms. The number of hydrogen-bond acceptors (Lipinski definition) is 7. The van der Waals surface area contributed by atoms with Gasteiger partial charge >= 0.3 is 0 Å². The van der Waals surface area contributed by atoms with Gasteiger partial charge in [0.1, 0.15) is 18.3 Å². The van der Waals surface area contributed by atoms with Gasteiger partial charge in [0.15, 0.2) is 18.2 Å². The highest BCUT2D eigenvalue weighted by Crippen LogP contribution is 2.32. The van der Waals surface area contributed by atoms with Crippen LogP contribution in [0, 0.1) is 0 Å². The van der Waals surface area contributed by atoms with E-state index in [-0.39, 0.29) is 6.10 Å². The number of rotatable bonds is 5. The molecule has 2 aliphatic rings. The Hall–Kier alpha value is -3.86. The van der Waals surface area contributed by atoms with Gasteiger partial charge in [-0.3, -0.25) is 15.0 Å². The highest BCUT2D eigenvalue weighted by Gasteiger charge is 2.21. The maximum absolute atomic E-state index is 9.87. The summed E-state index contributed by atoms with van der Waals surface area (Å²) in [5.41, 5.74) is 8.25. The average Bonchev–Trinajstić information content (AvgIpc) is 3.58. The molecule has 6 heterocycles. The number of aryl methyl sites for hydroxylation is 1. The molecule has 10 nitrogen and oxygen atoms in total. The fraction of sp³-hybridized carbons (Fsp3) is 0.379. The fourth-order valence-electron chi connectivity index (χ4n) is 5.91. The van der Waals surface area contributed by atoms with Gasteiger partial charge in [0.05, 0.1) is 35.2 Å². The molecule has 2 aliphatic heterocycles. The Bertz CT molecular complexity index is 1630. The number of nitrogens with zero attached hydrogens (tertiary/aromatic N) is 6. The van der Waals surface area contributed by atoms with Gasteiger partial charge in [0, 0.05) is 62.3 Å². The molecular formula is C29H34N9O+. The second-order valence-electron chi connectivity index (χ2n) is 10.8. The Morgan fingerprint density at radius 1 is 1.00 bits per heavy atom. The topological polar surface area (TPSA) is 113 Å². The Morgan fingerprint density at radius 2 is 1.85 bits per heavy atom. The number of aliphatic hydroxyl groups excluding tert-OH is 1. The summed E-state index contributed by atoms with van der Waals surface area (Å²) in [5.74, 6) is 0.740. The van der Waals surface area contributed by atoms with Crippen molar-refractivity contribution in [3.05, 3.63) is 54.6 Å². The zero-order chi connectivity index (χ0) is 26.3. The quantitative estimate of drug-likeness (QED) is 0.261. The minimum atomic E-state index is -0.156. The van der Waals surface area contributed by atoms with E-state index in [1.165, 1.54) is 5.56 Å². The lowest BCUT2D eigenvalue weighted by Gasteiger charge is -2.29. The van der Waals surface area contributed by atoms with Crippen molar-refractivity contribution in [1.82, 2.24) is 35.4 Å². The number of hydrogen-bond donors (Lipinski definition) is 4. The minimum Gasteiger partial charge on any atom is -0.393 e. The van der Waals surface area contributed by atoms with Crippen molar-refractivity contribution in [2.45, 2.75) is 25.5 Å². The van der Waals surface area contributed by atoms with Crippen molar-refractivity contribution < 1.29 is 9.67 Å². The molecule has 2 saturated heterocycles. The number of piperazine rings is 1. The summed E-state index contributed by atoms with van der Waals surface area (Å²) in [5, 5.41) is 22.2. The first-order valence-electron chi connectivity index (χ1n) is 13.8. The first-order valence-corrected chi connectivity index (χ1v) is 13.8. The average molecular weight is 525 g/mol. The number of benzene rings is 1. The van der Waals surface area contributed by atoms with Gasteiger partial charge in [-0.2, -0.15) is 5.10 Å².